The van der Waals surface area contributed by atoms with Crippen LogP contribution >= 0.6 is 11.8 Å². The van der Waals surface area contributed by atoms with Gasteiger partial charge in [-0.25, -0.2) is 0 Å². The average Bonchev–Trinajstić information content (AvgIpc) is 3.19. The molecule has 1 unspecified atom stereocenters. The molecule has 1 aromatic carbocycles. The van der Waals surface area contributed by atoms with Crippen molar-refractivity contribution in [3.63, 3.8) is 0 Å². The highest BCUT2D eigenvalue weighted by molar-refractivity contribution is 7.99. The zero-order chi connectivity index (χ0) is 18.0. The van der Waals surface area contributed by atoms with Gasteiger partial charge in [-0.1, -0.05) is 18.2 Å². The van der Waals surface area contributed by atoms with E-state index in [1.807, 2.05) is 30.0 Å². The predicted molar refractivity (Wildman–Crippen MR) is 109 cm³/mol. The van der Waals surface area contributed by atoms with Crippen molar-refractivity contribution in [2.24, 2.45) is 0 Å². The maximum Gasteiger partial charge on any atom is 0.123 e. The molecule has 0 aromatic heterocycles. The molecule has 2 N–H and O–H groups in total. The van der Waals surface area contributed by atoms with Crippen LogP contribution in [0.3, 0.4) is 0 Å². The summed E-state index contributed by atoms with van der Waals surface area (Å²) in [6, 6.07) is 8.15. The van der Waals surface area contributed by atoms with E-state index in [0.29, 0.717) is 13.2 Å². The third-order valence-corrected chi connectivity index (χ3v) is 6.04. The number of aliphatic hydroxyl groups excluding tert-OH is 1. The number of para-hydroxylation sites is 1. The highest BCUT2D eigenvalue weighted by atomic mass is 32.2. The highest BCUT2D eigenvalue weighted by Gasteiger charge is 2.16. The molecule has 6 heteroatoms. The lowest BCUT2D eigenvalue weighted by Gasteiger charge is -2.28. The van der Waals surface area contributed by atoms with Gasteiger partial charge in [0.25, 0.3) is 0 Å². The summed E-state index contributed by atoms with van der Waals surface area (Å²) in [7, 11) is 0. The van der Waals surface area contributed by atoms with Gasteiger partial charge in [0.2, 0.25) is 0 Å². The zero-order valence-electron chi connectivity index (χ0n) is 15.7. The fraction of sp³-hybridized carbons (Fsp3) is 0.700. The quantitative estimate of drug-likeness (QED) is 0.603. The molecule has 0 radical (unpaired) electrons. The Bertz CT molecular complexity index is 520. The standard InChI is InChI=1S/C20H33N3O2S/c24-19(16-23-11-13-26-14-12-23)17-25-20-6-2-1-5-18(20)15-21-7-10-22-8-3-4-9-22/h1-2,5-6,19,21,24H,3-4,7-17H2. The third-order valence-electron chi connectivity index (χ3n) is 5.10. The Morgan fingerprint density at radius 1 is 1.08 bits per heavy atom. The third kappa shape index (κ3) is 6.74. The van der Waals surface area contributed by atoms with E-state index in [2.05, 4.69) is 21.2 Å². The number of likely N-dealkylation sites (tertiary alicyclic amines) is 1. The number of hydrogen-bond acceptors (Lipinski definition) is 6. The summed E-state index contributed by atoms with van der Waals surface area (Å²) in [4.78, 5) is 4.85. The molecule has 5 nitrogen and oxygen atoms in total. The van der Waals surface area contributed by atoms with Crippen LogP contribution in [0.1, 0.15) is 18.4 Å². The molecule has 2 fully saturated rings. The van der Waals surface area contributed by atoms with Crippen LogP contribution in [0.2, 0.25) is 0 Å². The molecule has 2 aliphatic heterocycles. The van der Waals surface area contributed by atoms with Crippen LogP contribution in [0, 0.1) is 0 Å². The molecule has 1 aromatic rings. The summed E-state index contributed by atoms with van der Waals surface area (Å²) in [5.74, 6) is 3.22. The van der Waals surface area contributed by atoms with Crippen LogP contribution in [0.15, 0.2) is 24.3 Å². The van der Waals surface area contributed by atoms with Gasteiger partial charge in [0.05, 0.1) is 0 Å². The van der Waals surface area contributed by atoms with Gasteiger partial charge in [0, 0.05) is 56.3 Å². The fourth-order valence-corrected chi connectivity index (χ4v) is 4.56. The maximum atomic E-state index is 10.3. The smallest absolute Gasteiger partial charge is 0.123 e. The minimum atomic E-state index is -0.436. The zero-order valence-corrected chi connectivity index (χ0v) is 16.6. The predicted octanol–water partition coefficient (Wildman–Crippen LogP) is 1.66. The number of nitrogens with one attached hydrogen (secondary N) is 1. The molecule has 0 amide bonds. The Morgan fingerprint density at radius 3 is 2.65 bits per heavy atom. The van der Waals surface area contributed by atoms with Crippen molar-refractivity contribution in [1.82, 2.24) is 15.1 Å². The Morgan fingerprint density at radius 2 is 1.85 bits per heavy atom. The van der Waals surface area contributed by atoms with Crippen LogP contribution in [-0.4, -0.2) is 84.9 Å². The van der Waals surface area contributed by atoms with Gasteiger partial charge in [-0.15, -0.1) is 0 Å². The van der Waals surface area contributed by atoms with E-state index < -0.39 is 6.10 Å². The van der Waals surface area contributed by atoms with E-state index in [0.717, 1.165) is 44.0 Å². The Kier molecular flexibility index (Phi) is 8.55. The summed E-state index contributed by atoms with van der Waals surface area (Å²) >= 11 is 1.99. The van der Waals surface area contributed by atoms with Crippen LogP contribution in [0.5, 0.6) is 5.75 Å². The minimum absolute atomic E-state index is 0.356. The molecule has 2 aliphatic rings. The van der Waals surface area contributed by atoms with E-state index >= 15 is 0 Å². The second kappa shape index (κ2) is 11.1. The van der Waals surface area contributed by atoms with Gasteiger partial charge in [0.1, 0.15) is 18.5 Å². The summed E-state index contributed by atoms with van der Waals surface area (Å²) in [5.41, 5.74) is 1.16. The number of hydrogen-bond donors (Lipinski definition) is 2. The van der Waals surface area contributed by atoms with Crippen molar-refractivity contribution in [3.05, 3.63) is 29.8 Å². The van der Waals surface area contributed by atoms with E-state index in [1.54, 1.807) is 0 Å². The molecule has 26 heavy (non-hydrogen) atoms. The van der Waals surface area contributed by atoms with Crippen molar-refractivity contribution in [2.75, 3.05) is 63.9 Å². The first-order valence-electron chi connectivity index (χ1n) is 9.93. The molecule has 2 heterocycles. The molecule has 3 rings (SSSR count). The molecule has 0 spiro atoms. The minimum Gasteiger partial charge on any atom is -0.491 e. The van der Waals surface area contributed by atoms with Crippen LogP contribution in [0.25, 0.3) is 0 Å². The Hall–Kier alpha value is -0.790. The van der Waals surface area contributed by atoms with Crippen LogP contribution in [-0.2, 0) is 6.54 Å². The molecular weight excluding hydrogens is 346 g/mol. The van der Waals surface area contributed by atoms with E-state index in [-0.39, 0.29) is 0 Å². The first kappa shape index (κ1) is 20.0. The molecule has 0 saturated carbocycles. The summed E-state index contributed by atoms with van der Waals surface area (Å²) in [6.07, 6.45) is 2.25. The highest BCUT2D eigenvalue weighted by Crippen LogP contribution is 2.18. The average molecular weight is 380 g/mol. The molecule has 0 aliphatic carbocycles. The lowest BCUT2D eigenvalue weighted by Crippen LogP contribution is -2.40. The van der Waals surface area contributed by atoms with Crippen molar-refractivity contribution in [3.8, 4) is 5.75 Å². The maximum absolute atomic E-state index is 10.3. The van der Waals surface area contributed by atoms with Crippen LogP contribution in [0.4, 0.5) is 0 Å². The van der Waals surface area contributed by atoms with E-state index in [1.165, 1.54) is 37.4 Å². The van der Waals surface area contributed by atoms with Crippen molar-refractivity contribution in [1.29, 1.82) is 0 Å². The largest absolute Gasteiger partial charge is 0.491 e. The lowest BCUT2D eigenvalue weighted by atomic mass is 10.2. The number of β-amino-alcohol motifs (C(OH)–C–C–N with tert-alkyl or cyclic N) is 1. The lowest BCUT2D eigenvalue weighted by molar-refractivity contribution is 0.0711. The van der Waals surface area contributed by atoms with Gasteiger partial charge < -0.3 is 20.1 Å². The number of ether oxygens (including phenoxy) is 1. The second-order valence-corrected chi connectivity index (χ2v) is 8.44. The van der Waals surface area contributed by atoms with Gasteiger partial charge in [-0.05, 0) is 32.0 Å². The van der Waals surface area contributed by atoms with Gasteiger partial charge in [-0.2, -0.15) is 11.8 Å². The Balaban J connectivity index is 1.38. The van der Waals surface area contributed by atoms with Gasteiger partial charge in [-0.3, -0.25) is 4.90 Å². The summed E-state index contributed by atoms with van der Waals surface area (Å²) < 4.78 is 5.94. The number of thioether (sulfide) groups is 1. The fourth-order valence-electron chi connectivity index (χ4n) is 3.58. The SMILES string of the molecule is OC(COc1ccccc1CNCCN1CCCC1)CN1CCSCC1. The van der Waals surface area contributed by atoms with E-state index in [4.69, 9.17) is 4.74 Å². The molecule has 2 saturated heterocycles. The number of aliphatic hydroxyl groups is 1. The van der Waals surface area contributed by atoms with Gasteiger partial charge in [0.15, 0.2) is 0 Å². The number of benzene rings is 1. The normalized spacial score (nSPS) is 20.3. The molecule has 1 atom stereocenters. The molecular formula is C20H33N3O2S. The Labute approximate surface area is 162 Å². The van der Waals surface area contributed by atoms with Crippen LogP contribution < -0.4 is 10.1 Å². The topological polar surface area (TPSA) is 48.0 Å². The molecule has 146 valence electrons. The monoisotopic (exact) mass is 379 g/mol. The van der Waals surface area contributed by atoms with E-state index in [9.17, 15) is 5.11 Å². The summed E-state index contributed by atoms with van der Waals surface area (Å²) in [6.45, 7) is 8.62. The second-order valence-electron chi connectivity index (χ2n) is 7.21. The number of rotatable bonds is 10. The number of nitrogens with zero attached hydrogens (tertiary/aromatic N) is 2. The van der Waals surface area contributed by atoms with Crippen molar-refractivity contribution < 1.29 is 9.84 Å². The van der Waals surface area contributed by atoms with Crippen molar-refractivity contribution in [2.45, 2.75) is 25.5 Å². The molecule has 0 bridgehead atoms. The summed E-state index contributed by atoms with van der Waals surface area (Å²) in [5, 5.41) is 13.8. The first-order chi connectivity index (χ1) is 12.8. The first-order valence-corrected chi connectivity index (χ1v) is 11.1. The van der Waals surface area contributed by atoms with Gasteiger partial charge >= 0.3 is 0 Å². The van der Waals surface area contributed by atoms with Crippen molar-refractivity contribution >= 4 is 11.8 Å².